The van der Waals surface area contributed by atoms with Crippen molar-refractivity contribution in [2.45, 2.75) is 52.8 Å². The Morgan fingerprint density at radius 1 is 1.28 bits per heavy atom. The van der Waals surface area contributed by atoms with Crippen molar-refractivity contribution in [3.8, 4) is 0 Å². The normalized spacial score (nSPS) is 19.4. The highest BCUT2D eigenvalue weighted by Gasteiger charge is 2.23. The van der Waals surface area contributed by atoms with Crippen LogP contribution < -0.4 is 0 Å². The van der Waals surface area contributed by atoms with Gasteiger partial charge in [-0.1, -0.05) is 25.2 Å². The van der Waals surface area contributed by atoms with Crippen LogP contribution >= 0.6 is 0 Å². The molecule has 0 saturated heterocycles. The third-order valence-corrected chi connectivity index (χ3v) is 3.63. The molecule has 0 unspecified atom stereocenters. The molecule has 2 nitrogen and oxygen atoms in total. The molecule has 0 atom stereocenters. The first-order valence-electron chi connectivity index (χ1n) is 6.81. The van der Waals surface area contributed by atoms with Gasteiger partial charge in [0.25, 0.3) is 5.95 Å². The average molecular weight is 266 g/mol. The smallest absolute Gasteiger partial charge is 0.269 e. The van der Waals surface area contributed by atoms with Crippen molar-refractivity contribution in [1.82, 2.24) is 0 Å². The monoisotopic (exact) mass is 266 g/mol. The highest BCUT2D eigenvalue weighted by atomic mass is 28.4. The highest BCUT2D eigenvalue weighted by Crippen LogP contribution is 2.32. The quantitative estimate of drug-likeness (QED) is 0.527. The molecule has 0 amide bonds. The van der Waals surface area contributed by atoms with Crippen molar-refractivity contribution in [2.75, 3.05) is 6.61 Å². The maximum absolute atomic E-state index is 6.06. The fourth-order valence-corrected chi connectivity index (χ4v) is 2.69. The third kappa shape index (κ3) is 4.37. The van der Waals surface area contributed by atoms with Crippen molar-refractivity contribution >= 4 is 8.32 Å². The summed E-state index contributed by atoms with van der Waals surface area (Å²) in [5, 5.41) is 0. The molecule has 1 aliphatic carbocycles. The molecular weight excluding hydrogens is 240 g/mol. The van der Waals surface area contributed by atoms with Crippen molar-refractivity contribution in [1.29, 1.82) is 0 Å². The van der Waals surface area contributed by atoms with Gasteiger partial charge in [-0.05, 0) is 51.4 Å². The van der Waals surface area contributed by atoms with Crippen molar-refractivity contribution < 1.29 is 9.16 Å². The number of rotatable bonds is 5. The molecule has 18 heavy (non-hydrogen) atoms. The Kier molecular flexibility index (Phi) is 5.26. The van der Waals surface area contributed by atoms with Gasteiger partial charge in [0.05, 0.1) is 6.61 Å². The van der Waals surface area contributed by atoms with E-state index in [9.17, 15) is 0 Å². The zero-order chi connectivity index (χ0) is 13.8. The molecule has 0 aromatic carbocycles. The molecule has 0 radical (unpaired) electrons. The van der Waals surface area contributed by atoms with E-state index >= 15 is 0 Å². The van der Waals surface area contributed by atoms with Crippen LogP contribution in [0.2, 0.25) is 19.6 Å². The maximum Gasteiger partial charge on any atom is 0.269 e. The van der Waals surface area contributed by atoms with Gasteiger partial charge < -0.3 is 9.16 Å². The molecule has 1 aliphatic rings. The molecule has 0 aliphatic heterocycles. The van der Waals surface area contributed by atoms with Crippen molar-refractivity contribution in [3.63, 3.8) is 0 Å². The Labute approximate surface area is 113 Å². The summed E-state index contributed by atoms with van der Waals surface area (Å²) in [6.07, 6.45) is 5.37. The lowest BCUT2D eigenvalue weighted by Gasteiger charge is -2.26. The number of allylic oxidation sites excluding steroid dienone is 4. The predicted octanol–water partition coefficient (Wildman–Crippen LogP) is 4.77. The number of hydrogen-bond acceptors (Lipinski definition) is 2. The zero-order valence-electron chi connectivity index (χ0n) is 12.4. The van der Waals surface area contributed by atoms with E-state index in [4.69, 9.17) is 9.16 Å². The van der Waals surface area contributed by atoms with E-state index in [1.807, 2.05) is 6.92 Å². The second-order valence-electron chi connectivity index (χ2n) is 5.59. The minimum Gasteiger partial charge on any atom is -0.519 e. The van der Waals surface area contributed by atoms with Crippen molar-refractivity contribution in [2.24, 2.45) is 0 Å². The van der Waals surface area contributed by atoms with Gasteiger partial charge in [-0.25, -0.2) is 0 Å². The molecule has 0 saturated carbocycles. The molecule has 0 fully saturated rings. The second kappa shape index (κ2) is 6.28. The van der Waals surface area contributed by atoms with Crippen LogP contribution in [0.15, 0.2) is 35.3 Å². The molecule has 0 heterocycles. The first-order valence-corrected chi connectivity index (χ1v) is 10.2. The van der Waals surface area contributed by atoms with E-state index in [0.29, 0.717) is 12.6 Å². The number of hydrogen-bond donors (Lipinski definition) is 0. The van der Waals surface area contributed by atoms with E-state index in [0.717, 1.165) is 30.4 Å². The Balaban J connectivity index is 2.99. The topological polar surface area (TPSA) is 18.5 Å². The van der Waals surface area contributed by atoms with Gasteiger partial charge in [0.15, 0.2) is 0 Å². The summed E-state index contributed by atoms with van der Waals surface area (Å²) in [7, 11) is -1.64. The number of ether oxygens (including phenoxy) is 1. The SMILES string of the molecule is C=C1C=C(CC)CC/C1=C(\OCC)O[Si](C)(C)C. The Morgan fingerprint density at radius 2 is 1.94 bits per heavy atom. The summed E-state index contributed by atoms with van der Waals surface area (Å²) in [5.74, 6) is 0.716. The van der Waals surface area contributed by atoms with E-state index in [1.165, 1.54) is 5.57 Å². The van der Waals surface area contributed by atoms with E-state index in [-0.39, 0.29) is 0 Å². The summed E-state index contributed by atoms with van der Waals surface area (Å²) >= 11 is 0. The van der Waals surface area contributed by atoms with Gasteiger partial charge in [-0.15, -0.1) is 0 Å². The fourth-order valence-electron chi connectivity index (χ4n) is 1.95. The first kappa shape index (κ1) is 15.1. The molecular formula is C15H26O2Si. The fraction of sp³-hybridized carbons (Fsp3) is 0.600. The second-order valence-corrected chi connectivity index (χ2v) is 10.0. The van der Waals surface area contributed by atoms with Gasteiger partial charge in [-0.3, -0.25) is 0 Å². The van der Waals surface area contributed by atoms with Crippen LogP contribution in [-0.2, 0) is 9.16 Å². The van der Waals surface area contributed by atoms with Gasteiger partial charge in [-0.2, -0.15) is 0 Å². The Hall–Kier alpha value is -0.963. The minimum atomic E-state index is -1.64. The highest BCUT2D eigenvalue weighted by molar-refractivity contribution is 6.70. The van der Waals surface area contributed by atoms with Gasteiger partial charge >= 0.3 is 0 Å². The van der Waals surface area contributed by atoms with Gasteiger partial charge in [0.2, 0.25) is 8.32 Å². The molecule has 3 heteroatoms. The molecule has 0 spiro atoms. The lowest BCUT2D eigenvalue weighted by Crippen LogP contribution is -2.26. The molecule has 1 rings (SSSR count). The van der Waals surface area contributed by atoms with Gasteiger partial charge in [0.1, 0.15) is 0 Å². The Bertz CT molecular complexity index is 372. The summed E-state index contributed by atoms with van der Waals surface area (Å²) in [4.78, 5) is 0. The molecule has 0 aromatic rings. The van der Waals surface area contributed by atoms with Crippen LogP contribution in [0.1, 0.15) is 33.1 Å². The molecule has 102 valence electrons. The van der Waals surface area contributed by atoms with Crippen molar-refractivity contribution in [3.05, 3.63) is 35.3 Å². The first-order chi connectivity index (χ1) is 8.37. The third-order valence-electron chi connectivity index (χ3n) is 2.84. The lowest BCUT2D eigenvalue weighted by molar-refractivity contribution is 0.107. The van der Waals surface area contributed by atoms with Crippen LogP contribution in [0, 0.1) is 0 Å². The van der Waals surface area contributed by atoms with Gasteiger partial charge in [0, 0.05) is 5.57 Å². The molecule has 0 aromatic heterocycles. The lowest BCUT2D eigenvalue weighted by atomic mass is 9.90. The molecule has 0 bridgehead atoms. The van der Waals surface area contributed by atoms with E-state index in [1.54, 1.807) is 0 Å². The summed E-state index contributed by atoms with van der Waals surface area (Å²) in [6.45, 7) is 15.5. The van der Waals surface area contributed by atoms with Crippen LogP contribution in [0.4, 0.5) is 0 Å². The molecule has 0 N–H and O–H groups in total. The van der Waals surface area contributed by atoms with Crippen LogP contribution in [0.5, 0.6) is 0 Å². The standard InChI is InChI=1S/C15H26O2Si/c1-7-13-9-10-14(12(3)11-13)15(16-8-2)17-18(4,5)6/h11H,3,7-10H2,1-2,4-6H3/b15-14-. The van der Waals surface area contributed by atoms with E-state index < -0.39 is 8.32 Å². The summed E-state index contributed by atoms with van der Waals surface area (Å²) < 4.78 is 11.8. The maximum atomic E-state index is 6.06. The summed E-state index contributed by atoms with van der Waals surface area (Å²) in [5.41, 5.74) is 3.67. The van der Waals surface area contributed by atoms with Crippen LogP contribution in [0.25, 0.3) is 0 Å². The van der Waals surface area contributed by atoms with Crippen LogP contribution in [-0.4, -0.2) is 14.9 Å². The summed E-state index contributed by atoms with van der Waals surface area (Å²) in [6, 6.07) is 0. The average Bonchev–Trinajstić information content (AvgIpc) is 2.26. The van der Waals surface area contributed by atoms with E-state index in [2.05, 4.69) is 39.2 Å². The zero-order valence-corrected chi connectivity index (χ0v) is 13.4. The Morgan fingerprint density at radius 3 is 2.39 bits per heavy atom. The minimum absolute atomic E-state index is 0.640. The largest absolute Gasteiger partial charge is 0.519 e. The predicted molar refractivity (Wildman–Crippen MR) is 79.8 cm³/mol. The van der Waals surface area contributed by atoms with Crippen LogP contribution in [0.3, 0.4) is 0 Å².